The van der Waals surface area contributed by atoms with E-state index in [1.54, 1.807) is 0 Å². The molecule has 1 heterocycles. The summed E-state index contributed by atoms with van der Waals surface area (Å²) < 4.78 is 5.35. The molecule has 0 aromatic carbocycles. The molecule has 0 radical (unpaired) electrons. The second-order valence-corrected chi connectivity index (χ2v) is 3.83. The van der Waals surface area contributed by atoms with Crippen LogP contribution in [0.1, 0.15) is 26.2 Å². The van der Waals surface area contributed by atoms with Crippen LogP contribution in [0.25, 0.3) is 0 Å². The molecule has 2 atom stereocenters. The highest BCUT2D eigenvalue weighted by Crippen LogP contribution is 2.13. The minimum atomic E-state index is -0.199. The Bertz CT molecular complexity index is 141. The third kappa shape index (κ3) is 3.25. The van der Waals surface area contributed by atoms with Crippen molar-refractivity contribution in [1.82, 2.24) is 4.90 Å². The van der Waals surface area contributed by atoms with Gasteiger partial charge in [0, 0.05) is 6.61 Å². The number of likely N-dealkylation sites (N-methyl/N-ethyl adjacent to an activating group) is 1. The van der Waals surface area contributed by atoms with Crippen molar-refractivity contribution in [3.05, 3.63) is 0 Å². The van der Waals surface area contributed by atoms with E-state index in [2.05, 4.69) is 18.9 Å². The van der Waals surface area contributed by atoms with E-state index >= 15 is 0 Å². The van der Waals surface area contributed by atoms with Gasteiger partial charge in [0.25, 0.3) is 0 Å². The number of aliphatic hydroxyl groups excluding tert-OH is 1. The van der Waals surface area contributed by atoms with Crippen molar-refractivity contribution < 1.29 is 9.84 Å². The molecule has 0 amide bonds. The normalized spacial score (nSPS) is 29.5. The fourth-order valence-corrected chi connectivity index (χ4v) is 1.71. The average molecular weight is 187 g/mol. The number of nitrogens with zero attached hydrogens (tertiary/aromatic N) is 1. The van der Waals surface area contributed by atoms with Gasteiger partial charge < -0.3 is 9.84 Å². The molecular formula is C10H21NO2. The first-order chi connectivity index (χ1) is 6.25. The Balaban J connectivity index is 2.30. The highest BCUT2D eigenvalue weighted by atomic mass is 16.5. The van der Waals surface area contributed by atoms with Gasteiger partial charge in [0.05, 0.1) is 18.8 Å². The van der Waals surface area contributed by atoms with Gasteiger partial charge in [0.1, 0.15) is 0 Å². The quantitative estimate of drug-likeness (QED) is 0.709. The maximum atomic E-state index is 9.72. The highest BCUT2D eigenvalue weighted by molar-refractivity contribution is 4.79. The van der Waals surface area contributed by atoms with Gasteiger partial charge in [-0.05, 0) is 26.4 Å². The van der Waals surface area contributed by atoms with Gasteiger partial charge in [-0.1, -0.05) is 13.3 Å². The van der Waals surface area contributed by atoms with Crippen molar-refractivity contribution in [1.29, 1.82) is 0 Å². The maximum absolute atomic E-state index is 9.72. The maximum Gasteiger partial charge on any atom is 0.0739 e. The van der Waals surface area contributed by atoms with Crippen molar-refractivity contribution >= 4 is 0 Å². The summed E-state index contributed by atoms with van der Waals surface area (Å²) in [6.07, 6.45) is 2.98. The summed E-state index contributed by atoms with van der Waals surface area (Å²) in [6, 6.07) is 0.209. The fourth-order valence-electron chi connectivity index (χ4n) is 1.71. The molecule has 1 N–H and O–H groups in total. The molecule has 0 aliphatic carbocycles. The molecule has 0 bridgehead atoms. The van der Waals surface area contributed by atoms with Crippen LogP contribution in [0, 0.1) is 0 Å². The Morgan fingerprint density at radius 2 is 2.31 bits per heavy atom. The molecule has 0 spiro atoms. The third-order valence-corrected chi connectivity index (χ3v) is 2.72. The standard InChI is InChI=1S/C10H21NO2/c1-3-4-6-11(2)9-8-13-7-5-10(9)12/h9-10,12H,3-8H2,1-2H3. The summed E-state index contributed by atoms with van der Waals surface area (Å²) in [5, 5.41) is 9.72. The van der Waals surface area contributed by atoms with Crippen LogP contribution in [-0.2, 0) is 4.74 Å². The lowest BCUT2D eigenvalue weighted by molar-refractivity contribution is -0.0542. The van der Waals surface area contributed by atoms with E-state index in [9.17, 15) is 5.11 Å². The summed E-state index contributed by atoms with van der Waals surface area (Å²) in [5.74, 6) is 0. The van der Waals surface area contributed by atoms with Crippen molar-refractivity contribution in [2.24, 2.45) is 0 Å². The Kier molecular flexibility index (Phi) is 4.70. The van der Waals surface area contributed by atoms with Crippen LogP contribution in [0.4, 0.5) is 0 Å². The fraction of sp³-hybridized carbons (Fsp3) is 1.00. The Hall–Kier alpha value is -0.120. The number of ether oxygens (including phenoxy) is 1. The van der Waals surface area contributed by atoms with E-state index < -0.39 is 0 Å². The summed E-state index contributed by atoms with van der Waals surface area (Å²) in [7, 11) is 2.07. The molecule has 3 heteroatoms. The van der Waals surface area contributed by atoms with E-state index in [4.69, 9.17) is 4.74 Å². The average Bonchev–Trinajstić information content (AvgIpc) is 2.15. The zero-order valence-electron chi connectivity index (χ0n) is 8.70. The van der Waals surface area contributed by atoms with Crippen LogP contribution < -0.4 is 0 Å². The molecule has 1 rings (SSSR count). The van der Waals surface area contributed by atoms with E-state index in [0.717, 1.165) is 13.0 Å². The molecular weight excluding hydrogens is 166 g/mol. The topological polar surface area (TPSA) is 32.7 Å². The smallest absolute Gasteiger partial charge is 0.0739 e. The predicted molar refractivity (Wildman–Crippen MR) is 52.8 cm³/mol. The Morgan fingerprint density at radius 1 is 1.54 bits per heavy atom. The number of hydrogen-bond donors (Lipinski definition) is 1. The molecule has 13 heavy (non-hydrogen) atoms. The van der Waals surface area contributed by atoms with E-state index in [1.807, 2.05) is 0 Å². The van der Waals surface area contributed by atoms with Crippen LogP contribution >= 0.6 is 0 Å². The molecule has 1 aliphatic heterocycles. The van der Waals surface area contributed by atoms with Crippen LogP contribution in [0.2, 0.25) is 0 Å². The number of hydrogen-bond acceptors (Lipinski definition) is 3. The highest BCUT2D eigenvalue weighted by Gasteiger charge is 2.26. The molecule has 1 saturated heterocycles. The summed E-state index contributed by atoms with van der Waals surface area (Å²) in [4.78, 5) is 2.22. The molecule has 0 aromatic rings. The van der Waals surface area contributed by atoms with Gasteiger partial charge in [-0.3, -0.25) is 4.90 Å². The second-order valence-electron chi connectivity index (χ2n) is 3.83. The first-order valence-electron chi connectivity index (χ1n) is 5.21. The molecule has 3 nitrogen and oxygen atoms in total. The summed E-state index contributed by atoms with van der Waals surface area (Å²) in [6.45, 7) is 4.63. The SMILES string of the molecule is CCCCN(C)C1COCCC1O. The zero-order chi connectivity index (χ0) is 9.68. The lowest BCUT2D eigenvalue weighted by Crippen LogP contribution is -2.48. The molecule has 1 aliphatic rings. The van der Waals surface area contributed by atoms with Crippen LogP contribution in [0.15, 0.2) is 0 Å². The Morgan fingerprint density at radius 3 is 2.92 bits per heavy atom. The zero-order valence-corrected chi connectivity index (χ0v) is 8.70. The predicted octanol–water partition coefficient (Wildman–Crippen LogP) is 0.868. The lowest BCUT2D eigenvalue weighted by atomic mass is 10.1. The summed E-state index contributed by atoms with van der Waals surface area (Å²) in [5.41, 5.74) is 0. The monoisotopic (exact) mass is 187 g/mol. The lowest BCUT2D eigenvalue weighted by Gasteiger charge is -2.34. The minimum absolute atomic E-state index is 0.199. The van der Waals surface area contributed by atoms with Gasteiger partial charge in [0.15, 0.2) is 0 Å². The van der Waals surface area contributed by atoms with E-state index in [0.29, 0.717) is 13.2 Å². The van der Waals surface area contributed by atoms with Gasteiger partial charge in [0.2, 0.25) is 0 Å². The first kappa shape index (κ1) is 11.0. The van der Waals surface area contributed by atoms with Gasteiger partial charge >= 0.3 is 0 Å². The first-order valence-corrected chi connectivity index (χ1v) is 5.21. The molecule has 2 unspecified atom stereocenters. The van der Waals surface area contributed by atoms with E-state index in [1.165, 1.54) is 12.8 Å². The van der Waals surface area contributed by atoms with Gasteiger partial charge in [-0.25, -0.2) is 0 Å². The third-order valence-electron chi connectivity index (χ3n) is 2.72. The Labute approximate surface area is 80.7 Å². The largest absolute Gasteiger partial charge is 0.391 e. The van der Waals surface area contributed by atoms with Crippen molar-refractivity contribution in [2.75, 3.05) is 26.8 Å². The van der Waals surface area contributed by atoms with Crippen LogP contribution in [0.3, 0.4) is 0 Å². The molecule has 78 valence electrons. The van der Waals surface area contributed by atoms with Crippen LogP contribution in [0.5, 0.6) is 0 Å². The van der Waals surface area contributed by atoms with Gasteiger partial charge in [-0.2, -0.15) is 0 Å². The molecule has 1 fully saturated rings. The van der Waals surface area contributed by atoms with Crippen molar-refractivity contribution in [3.63, 3.8) is 0 Å². The number of aliphatic hydroxyl groups is 1. The summed E-state index contributed by atoms with van der Waals surface area (Å²) >= 11 is 0. The molecule has 0 saturated carbocycles. The van der Waals surface area contributed by atoms with E-state index in [-0.39, 0.29) is 12.1 Å². The van der Waals surface area contributed by atoms with Crippen molar-refractivity contribution in [2.45, 2.75) is 38.3 Å². The van der Waals surface area contributed by atoms with Crippen molar-refractivity contribution in [3.8, 4) is 0 Å². The molecule has 0 aromatic heterocycles. The number of rotatable bonds is 4. The minimum Gasteiger partial charge on any atom is -0.391 e. The second kappa shape index (κ2) is 5.58. The van der Waals surface area contributed by atoms with Crippen LogP contribution in [-0.4, -0.2) is 49.0 Å². The van der Waals surface area contributed by atoms with Gasteiger partial charge in [-0.15, -0.1) is 0 Å². The number of unbranched alkanes of at least 4 members (excludes halogenated alkanes) is 1.